The van der Waals surface area contributed by atoms with Crippen LogP contribution in [0.4, 0.5) is 5.69 Å². The highest BCUT2D eigenvalue weighted by atomic mass is 35.5. The summed E-state index contributed by atoms with van der Waals surface area (Å²) in [6.07, 6.45) is 0. The summed E-state index contributed by atoms with van der Waals surface area (Å²) in [6.45, 7) is 1.92. The molecule has 10 heteroatoms. The van der Waals surface area contributed by atoms with Gasteiger partial charge in [0.15, 0.2) is 0 Å². The number of nitrogens with two attached hydrogens (primary N) is 1. The highest BCUT2D eigenvalue weighted by Gasteiger charge is 2.25. The number of sulfonamides is 1. The van der Waals surface area contributed by atoms with Crippen molar-refractivity contribution in [1.82, 2.24) is 5.32 Å². The number of halogens is 1. The van der Waals surface area contributed by atoms with Crippen molar-refractivity contribution in [1.29, 1.82) is 0 Å². The molecule has 0 bridgehead atoms. The Balaban J connectivity index is 3.58. The van der Waals surface area contributed by atoms with Crippen LogP contribution < -0.4 is 10.5 Å². The molecule has 0 unspecified atom stereocenters. The number of hydrogen-bond acceptors (Lipinski definition) is 5. The van der Waals surface area contributed by atoms with Crippen molar-refractivity contribution in [3.8, 4) is 0 Å². The number of benzene rings is 1. The number of hydrogen-bond donors (Lipinski definition) is 2. The maximum absolute atomic E-state index is 11.6. The fourth-order valence-corrected chi connectivity index (χ4v) is 2.46. The molecule has 0 saturated carbocycles. The first kappa shape index (κ1) is 15.3. The van der Waals surface area contributed by atoms with Gasteiger partial charge in [0.1, 0.15) is 9.92 Å². The number of carbonyl (C=O) groups excluding carboxylic acids is 1. The molecule has 0 radical (unpaired) electrons. The van der Waals surface area contributed by atoms with Crippen LogP contribution in [-0.2, 0) is 10.0 Å². The van der Waals surface area contributed by atoms with Gasteiger partial charge in [-0.2, -0.15) is 0 Å². The zero-order valence-corrected chi connectivity index (χ0v) is 11.3. The number of nitro groups is 1. The molecule has 0 atom stereocenters. The van der Waals surface area contributed by atoms with Crippen molar-refractivity contribution in [2.45, 2.75) is 11.8 Å². The Kier molecular flexibility index (Phi) is 4.45. The highest BCUT2D eigenvalue weighted by molar-refractivity contribution is 7.89. The second kappa shape index (κ2) is 5.51. The van der Waals surface area contributed by atoms with E-state index in [2.05, 4.69) is 5.32 Å². The largest absolute Gasteiger partial charge is 0.352 e. The minimum absolute atomic E-state index is 0.207. The molecule has 19 heavy (non-hydrogen) atoms. The average Bonchev–Trinajstić information content (AvgIpc) is 2.27. The van der Waals surface area contributed by atoms with Crippen LogP contribution in [0.25, 0.3) is 0 Å². The molecule has 0 saturated heterocycles. The molecule has 1 aromatic rings. The van der Waals surface area contributed by atoms with E-state index in [0.717, 1.165) is 12.1 Å². The molecule has 3 N–H and O–H groups in total. The summed E-state index contributed by atoms with van der Waals surface area (Å²) in [7, 11) is -4.28. The monoisotopic (exact) mass is 307 g/mol. The second-order valence-corrected chi connectivity index (χ2v) is 5.38. The van der Waals surface area contributed by atoms with Gasteiger partial charge < -0.3 is 5.32 Å². The van der Waals surface area contributed by atoms with Crippen LogP contribution in [0.2, 0.25) is 5.02 Å². The van der Waals surface area contributed by atoms with Crippen LogP contribution in [0.15, 0.2) is 17.0 Å². The molecule has 0 fully saturated rings. The number of nitrogens with zero attached hydrogens (tertiary/aromatic N) is 1. The lowest BCUT2D eigenvalue weighted by atomic mass is 10.2. The molecule has 0 spiro atoms. The first-order chi connectivity index (χ1) is 8.68. The van der Waals surface area contributed by atoms with Gasteiger partial charge in [-0.05, 0) is 13.0 Å². The lowest BCUT2D eigenvalue weighted by molar-refractivity contribution is -0.384. The van der Waals surface area contributed by atoms with E-state index in [9.17, 15) is 23.3 Å². The van der Waals surface area contributed by atoms with Crippen molar-refractivity contribution in [3.63, 3.8) is 0 Å². The van der Waals surface area contributed by atoms with Gasteiger partial charge in [0.05, 0.1) is 4.92 Å². The van der Waals surface area contributed by atoms with E-state index < -0.39 is 36.5 Å². The molecule has 0 heterocycles. The van der Waals surface area contributed by atoms with E-state index in [1.807, 2.05) is 0 Å². The van der Waals surface area contributed by atoms with Gasteiger partial charge in [-0.3, -0.25) is 14.9 Å². The third-order valence-corrected chi connectivity index (χ3v) is 3.57. The lowest BCUT2D eigenvalue weighted by Gasteiger charge is -2.07. The quantitative estimate of drug-likeness (QED) is 0.622. The summed E-state index contributed by atoms with van der Waals surface area (Å²) in [6, 6.07) is 1.79. The molecule has 1 rings (SSSR count). The molecule has 8 nitrogen and oxygen atoms in total. The van der Waals surface area contributed by atoms with Gasteiger partial charge in [-0.15, -0.1) is 0 Å². The molecule has 1 aromatic carbocycles. The molecular formula is C9H10ClN3O5S. The van der Waals surface area contributed by atoms with Crippen LogP contribution in [0, 0.1) is 10.1 Å². The summed E-state index contributed by atoms with van der Waals surface area (Å²) in [5.74, 6) is -0.660. The zero-order chi connectivity index (χ0) is 14.8. The van der Waals surface area contributed by atoms with Gasteiger partial charge in [-0.25, -0.2) is 13.6 Å². The van der Waals surface area contributed by atoms with E-state index in [1.165, 1.54) is 0 Å². The Hall–Kier alpha value is -1.71. The number of rotatable bonds is 4. The van der Waals surface area contributed by atoms with Crippen molar-refractivity contribution in [2.75, 3.05) is 6.54 Å². The highest BCUT2D eigenvalue weighted by Crippen LogP contribution is 2.32. The molecule has 104 valence electrons. The SMILES string of the molecule is CCNC(=O)c1cc([N+](=O)[O-])c(Cl)c(S(N)(=O)=O)c1. The number of primary sulfonamides is 1. The normalized spacial score (nSPS) is 11.1. The van der Waals surface area contributed by atoms with Crippen LogP contribution in [-0.4, -0.2) is 25.8 Å². The fourth-order valence-electron chi connectivity index (χ4n) is 1.32. The van der Waals surface area contributed by atoms with Gasteiger partial charge in [0, 0.05) is 18.2 Å². The van der Waals surface area contributed by atoms with Crippen molar-refractivity contribution in [2.24, 2.45) is 5.14 Å². The van der Waals surface area contributed by atoms with Crippen molar-refractivity contribution in [3.05, 3.63) is 32.8 Å². The van der Waals surface area contributed by atoms with Crippen LogP contribution >= 0.6 is 11.6 Å². The topological polar surface area (TPSA) is 132 Å². The third kappa shape index (κ3) is 3.40. The summed E-state index contributed by atoms with van der Waals surface area (Å²) >= 11 is 5.61. The number of nitrogens with one attached hydrogen (secondary N) is 1. The Morgan fingerprint density at radius 3 is 2.53 bits per heavy atom. The summed E-state index contributed by atoms with van der Waals surface area (Å²) in [5, 5.41) is 17.5. The number of nitro benzene ring substituents is 1. The van der Waals surface area contributed by atoms with Crippen LogP contribution in [0.1, 0.15) is 17.3 Å². The summed E-state index contributed by atoms with van der Waals surface area (Å²) in [4.78, 5) is 20.8. The maximum Gasteiger partial charge on any atom is 0.290 e. The Bertz CT molecular complexity index is 644. The Morgan fingerprint density at radius 1 is 1.53 bits per heavy atom. The minimum Gasteiger partial charge on any atom is -0.352 e. The van der Waals surface area contributed by atoms with Crippen LogP contribution in [0.5, 0.6) is 0 Å². The molecular weight excluding hydrogens is 298 g/mol. The smallest absolute Gasteiger partial charge is 0.290 e. The maximum atomic E-state index is 11.6. The molecule has 0 aliphatic carbocycles. The predicted molar refractivity (Wildman–Crippen MR) is 67.5 cm³/mol. The van der Waals surface area contributed by atoms with Crippen LogP contribution in [0.3, 0.4) is 0 Å². The molecule has 0 aliphatic rings. The Morgan fingerprint density at radius 2 is 2.11 bits per heavy atom. The van der Waals surface area contributed by atoms with E-state index in [-0.39, 0.29) is 12.1 Å². The molecule has 1 amide bonds. The van der Waals surface area contributed by atoms with Gasteiger partial charge in [0.25, 0.3) is 11.6 Å². The average molecular weight is 308 g/mol. The third-order valence-electron chi connectivity index (χ3n) is 2.12. The second-order valence-electron chi connectivity index (χ2n) is 3.47. The first-order valence-corrected chi connectivity index (χ1v) is 6.89. The number of amides is 1. The first-order valence-electron chi connectivity index (χ1n) is 4.97. The van der Waals surface area contributed by atoms with Gasteiger partial charge >= 0.3 is 0 Å². The molecule has 0 aliphatic heterocycles. The van der Waals surface area contributed by atoms with Crippen molar-refractivity contribution < 1.29 is 18.1 Å². The van der Waals surface area contributed by atoms with E-state index in [4.69, 9.17) is 16.7 Å². The van der Waals surface area contributed by atoms with E-state index >= 15 is 0 Å². The molecule has 0 aromatic heterocycles. The lowest BCUT2D eigenvalue weighted by Crippen LogP contribution is -2.23. The van der Waals surface area contributed by atoms with Gasteiger partial charge in [-0.1, -0.05) is 11.6 Å². The van der Waals surface area contributed by atoms with Gasteiger partial charge in [0.2, 0.25) is 10.0 Å². The summed E-state index contributed by atoms with van der Waals surface area (Å²) < 4.78 is 22.6. The summed E-state index contributed by atoms with van der Waals surface area (Å²) in [5.41, 5.74) is -0.906. The van der Waals surface area contributed by atoms with E-state index in [1.54, 1.807) is 6.92 Å². The fraction of sp³-hybridized carbons (Fsp3) is 0.222. The number of carbonyl (C=O) groups is 1. The Labute approximate surface area is 113 Å². The minimum atomic E-state index is -4.28. The van der Waals surface area contributed by atoms with E-state index in [0.29, 0.717) is 0 Å². The predicted octanol–water partition coefficient (Wildman–Crippen LogP) is 0.645. The standard InChI is InChI=1S/C9H10ClN3O5S/c1-2-12-9(14)5-3-6(13(15)16)8(10)7(4-5)19(11,17)18/h3-4H,2H2,1H3,(H,12,14)(H2,11,17,18). The van der Waals surface area contributed by atoms with Crippen molar-refractivity contribution >= 4 is 33.2 Å². The zero-order valence-electron chi connectivity index (χ0n) is 9.71.